The Balaban J connectivity index is 1.64. The molecule has 148 valence electrons. The number of carbonyl (C=O) groups is 2. The molecular formula is C19H18F3N3O3. The molecule has 0 saturated carbocycles. The molecule has 3 rings (SSSR count). The third-order valence-electron chi connectivity index (χ3n) is 4.45. The smallest absolute Gasteiger partial charge is 0.343 e. The highest BCUT2D eigenvalue weighted by molar-refractivity contribution is 5.94. The summed E-state index contributed by atoms with van der Waals surface area (Å²) in [5.74, 6) is -3.85. The maximum absolute atomic E-state index is 14.3. The molecule has 6 nitrogen and oxygen atoms in total. The second kappa shape index (κ2) is 8.20. The van der Waals surface area contributed by atoms with E-state index < -0.39 is 29.2 Å². The van der Waals surface area contributed by atoms with E-state index in [1.54, 1.807) is 23.1 Å². The van der Waals surface area contributed by atoms with Crippen molar-refractivity contribution in [3.05, 3.63) is 59.4 Å². The number of carbonyl (C=O) groups excluding carboxylic acids is 2. The Hall–Kier alpha value is -3.23. The van der Waals surface area contributed by atoms with Crippen molar-refractivity contribution in [3.63, 3.8) is 0 Å². The molecule has 1 heterocycles. The number of halogens is 3. The van der Waals surface area contributed by atoms with E-state index in [2.05, 4.69) is 15.4 Å². The van der Waals surface area contributed by atoms with Crippen molar-refractivity contribution >= 4 is 23.4 Å². The molecule has 2 aromatic rings. The third kappa shape index (κ3) is 4.03. The van der Waals surface area contributed by atoms with Crippen molar-refractivity contribution < 1.29 is 27.5 Å². The van der Waals surface area contributed by atoms with E-state index >= 15 is 0 Å². The summed E-state index contributed by atoms with van der Waals surface area (Å²) in [6.07, 6.45) is 0.571. The number of ether oxygens (including phenoxy) is 1. The van der Waals surface area contributed by atoms with Gasteiger partial charge in [-0.2, -0.15) is 0 Å². The van der Waals surface area contributed by atoms with Gasteiger partial charge in [0.1, 0.15) is 17.2 Å². The third-order valence-corrected chi connectivity index (χ3v) is 4.45. The minimum absolute atomic E-state index is 0.289. The molecule has 0 aromatic heterocycles. The number of esters is 1. The van der Waals surface area contributed by atoms with Crippen LogP contribution in [0.15, 0.2) is 36.4 Å². The van der Waals surface area contributed by atoms with E-state index in [9.17, 15) is 22.8 Å². The molecule has 1 fully saturated rings. The Morgan fingerprint density at radius 2 is 1.86 bits per heavy atom. The van der Waals surface area contributed by atoms with Gasteiger partial charge < -0.3 is 20.3 Å². The molecule has 1 saturated heterocycles. The Morgan fingerprint density at radius 1 is 1.11 bits per heavy atom. The number of urea groups is 1. The quantitative estimate of drug-likeness (QED) is 0.782. The minimum atomic E-state index is -1.22. The van der Waals surface area contributed by atoms with E-state index in [-0.39, 0.29) is 17.5 Å². The van der Waals surface area contributed by atoms with Gasteiger partial charge in [-0.25, -0.2) is 22.8 Å². The lowest BCUT2D eigenvalue weighted by atomic mass is 10.1. The summed E-state index contributed by atoms with van der Waals surface area (Å²) < 4.78 is 46.2. The summed E-state index contributed by atoms with van der Waals surface area (Å²) in [6, 6.07) is 7.20. The van der Waals surface area contributed by atoms with Gasteiger partial charge in [0, 0.05) is 19.1 Å². The number of methoxy groups -OCH3 is 1. The number of amides is 2. The largest absolute Gasteiger partial charge is 0.465 e. The highest BCUT2D eigenvalue weighted by atomic mass is 19.1. The zero-order valence-corrected chi connectivity index (χ0v) is 15.0. The van der Waals surface area contributed by atoms with E-state index in [4.69, 9.17) is 0 Å². The van der Waals surface area contributed by atoms with Gasteiger partial charge in [0.05, 0.1) is 18.5 Å². The zero-order chi connectivity index (χ0) is 20.3. The zero-order valence-electron chi connectivity index (χ0n) is 15.0. The SMILES string of the molecule is COC(=O)c1c(F)ccc(NC(=O)NC2CCN(c3ccccc3F)C2)c1F. The van der Waals surface area contributed by atoms with Gasteiger partial charge in [0.2, 0.25) is 0 Å². The lowest BCUT2D eigenvalue weighted by Crippen LogP contribution is -2.40. The fraction of sp³-hybridized carbons (Fsp3) is 0.263. The molecule has 0 aliphatic carbocycles. The van der Waals surface area contributed by atoms with Crippen LogP contribution in [0.1, 0.15) is 16.8 Å². The number of para-hydroxylation sites is 1. The molecule has 1 aliphatic rings. The molecule has 0 spiro atoms. The summed E-state index contributed by atoms with van der Waals surface area (Å²) in [5.41, 5.74) is -0.797. The molecule has 28 heavy (non-hydrogen) atoms. The number of nitrogens with zero attached hydrogens (tertiary/aromatic N) is 1. The van der Waals surface area contributed by atoms with Crippen LogP contribution in [-0.2, 0) is 4.74 Å². The van der Waals surface area contributed by atoms with Gasteiger partial charge in [0.25, 0.3) is 0 Å². The summed E-state index contributed by atoms with van der Waals surface area (Å²) >= 11 is 0. The van der Waals surface area contributed by atoms with Crippen molar-refractivity contribution in [1.82, 2.24) is 5.32 Å². The highest BCUT2D eigenvalue weighted by Gasteiger charge is 2.27. The summed E-state index contributed by atoms with van der Waals surface area (Å²) in [7, 11) is 0.995. The fourth-order valence-corrected chi connectivity index (χ4v) is 3.09. The average Bonchev–Trinajstić information content (AvgIpc) is 3.12. The van der Waals surface area contributed by atoms with Crippen LogP contribution in [0.4, 0.5) is 29.3 Å². The van der Waals surface area contributed by atoms with Gasteiger partial charge in [-0.1, -0.05) is 12.1 Å². The second-order valence-electron chi connectivity index (χ2n) is 6.26. The predicted octanol–water partition coefficient (Wildman–Crippen LogP) is 3.29. The topological polar surface area (TPSA) is 70.7 Å². The molecule has 2 amide bonds. The van der Waals surface area contributed by atoms with Gasteiger partial charge in [-0.05, 0) is 30.7 Å². The summed E-state index contributed by atoms with van der Waals surface area (Å²) in [5, 5.41) is 4.92. The Kier molecular flexibility index (Phi) is 5.72. The number of benzene rings is 2. The summed E-state index contributed by atoms with van der Waals surface area (Å²) in [6.45, 7) is 0.928. The van der Waals surface area contributed by atoms with Crippen LogP contribution in [0, 0.1) is 17.5 Å². The lowest BCUT2D eigenvalue weighted by Gasteiger charge is -2.19. The van der Waals surface area contributed by atoms with Gasteiger partial charge in [0.15, 0.2) is 5.82 Å². The van der Waals surface area contributed by atoms with Crippen LogP contribution in [0.2, 0.25) is 0 Å². The first kappa shape index (κ1) is 19.5. The van der Waals surface area contributed by atoms with Crippen LogP contribution in [0.25, 0.3) is 0 Å². The highest BCUT2D eigenvalue weighted by Crippen LogP contribution is 2.24. The van der Waals surface area contributed by atoms with Crippen LogP contribution < -0.4 is 15.5 Å². The Labute approximate surface area is 159 Å². The van der Waals surface area contributed by atoms with E-state index in [1.165, 1.54) is 6.07 Å². The van der Waals surface area contributed by atoms with Crippen molar-refractivity contribution in [3.8, 4) is 0 Å². The van der Waals surface area contributed by atoms with Crippen molar-refractivity contribution in [2.75, 3.05) is 30.4 Å². The first-order valence-corrected chi connectivity index (χ1v) is 8.54. The second-order valence-corrected chi connectivity index (χ2v) is 6.26. The molecular weight excluding hydrogens is 375 g/mol. The van der Waals surface area contributed by atoms with E-state index in [0.29, 0.717) is 25.2 Å². The number of rotatable bonds is 4. The first-order chi connectivity index (χ1) is 13.4. The van der Waals surface area contributed by atoms with Crippen LogP contribution in [0.3, 0.4) is 0 Å². The summed E-state index contributed by atoms with van der Waals surface area (Å²) in [4.78, 5) is 25.5. The number of anilines is 2. The molecule has 1 unspecified atom stereocenters. The fourth-order valence-electron chi connectivity index (χ4n) is 3.09. The lowest BCUT2D eigenvalue weighted by molar-refractivity contribution is 0.0590. The molecule has 1 atom stereocenters. The minimum Gasteiger partial charge on any atom is -0.465 e. The number of hydrogen-bond donors (Lipinski definition) is 2. The number of nitrogens with one attached hydrogen (secondary N) is 2. The van der Waals surface area contributed by atoms with Crippen molar-refractivity contribution in [2.45, 2.75) is 12.5 Å². The Bertz CT molecular complexity index is 907. The maximum atomic E-state index is 14.3. The molecule has 0 radical (unpaired) electrons. The molecule has 2 aromatic carbocycles. The molecule has 1 aliphatic heterocycles. The average molecular weight is 393 g/mol. The van der Waals surface area contributed by atoms with Crippen LogP contribution in [-0.4, -0.2) is 38.2 Å². The normalized spacial score (nSPS) is 16.0. The van der Waals surface area contributed by atoms with E-state index in [0.717, 1.165) is 19.2 Å². The van der Waals surface area contributed by atoms with Gasteiger partial charge >= 0.3 is 12.0 Å². The Morgan fingerprint density at radius 3 is 2.57 bits per heavy atom. The van der Waals surface area contributed by atoms with E-state index in [1.807, 2.05) is 0 Å². The molecule has 2 N–H and O–H groups in total. The monoisotopic (exact) mass is 393 g/mol. The van der Waals surface area contributed by atoms with Gasteiger partial charge in [-0.3, -0.25) is 0 Å². The number of hydrogen-bond acceptors (Lipinski definition) is 4. The van der Waals surface area contributed by atoms with Crippen molar-refractivity contribution in [1.29, 1.82) is 0 Å². The van der Waals surface area contributed by atoms with Gasteiger partial charge in [-0.15, -0.1) is 0 Å². The molecule has 0 bridgehead atoms. The van der Waals surface area contributed by atoms with Crippen LogP contribution in [0.5, 0.6) is 0 Å². The van der Waals surface area contributed by atoms with Crippen LogP contribution >= 0.6 is 0 Å². The standard InChI is InChI=1S/C19H18F3N3O3/c1-28-18(26)16-13(21)6-7-14(17(16)22)24-19(27)23-11-8-9-25(10-11)15-5-3-2-4-12(15)20/h2-7,11H,8-10H2,1H3,(H2,23,24,27). The van der Waals surface area contributed by atoms with Crippen molar-refractivity contribution in [2.24, 2.45) is 0 Å². The maximum Gasteiger partial charge on any atom is 0.343 e. The first-order valence-electron chi connectivity index (χ1n) is 8.54. The molecule has 9 heteroatoms. The predicted molar refractivity (Wildman–Crippen MR) is 96.9 cm³/mol.